The Morgan fingerprint density at radius 3 is 2.91 bits per heavy atom. The van der Waals surface area contributed by atoms with Gasteiger partial charge in [-0.2, -0.15) is 0 Å². The van der Waals surface area contributed by atoms with E-state index in [9.17, 15) is 4.79 Å². The van der Waals surface area contributed by atoms with Crippen molar-refractivity contribution < 1.29 is 9.53 Å². The molecular weight excluding hydrogens is 166 g/mol. The van der Waals surface area contributed by atoms with Gasteiger partial charge in [-0.15, -0.1) is 11.6 Å². The third-order valence-corrected chi connectivity index (χ3v) is 1.34. The van der Waals surface area contributed by atoms with Crippen molar-refractivity contribution >= 4 is 17.5 Å². The van der Waals surface area contributed by atoms with Gasteiger partial charge < -0.3 is 10.1 Å². The highest BCUT2D eigenvalue weighted by molar-refractivity contribution is 6.17. The molecule has 0 radical (unpaired) electrons. The lowest BCUT2D eigenvalue weighted by atomic mass is 10.4. The van der Waals surface area contributed by atoms with Gasteiger partial charge in [0.25, 0.3) is 0 Å². The molecule has 1 amide bonds. The lowest BCUT2D eigenvalue weighted by molar-refractivity contribution is -0.125. The molecular formula is C7H14ClNO2. The van der Waals surface area contributed by atoms with Crippen LogP contribution in [0.25, 0.3) is 0 Å². The van der Waals surface area contributed by atoms with Crippen molar-refractivity contribution in [3.63, 3.8) is 0 Å². The Kier molecular flexibility index (Phi) is 7.62. The molecule has 0 saturated heterocycles. The van der Waals surface area contributed by atoms with E-state index in [1.54, 1.807) is 0 Å². The van der Waals surface area contributed by atoms with E-state index in [0.717, 1.165) is 6.42 Å². The number of amides is 1. The molecule has 11 heavy (non-hydrogen) atoms. The number of nitrogens with one attached hydrogen (secondary N) is 1. The highest BCUT2D eigenvalue weighted by Gasteiger charge is 1.97. The average Bonchev–Trinajstić information content (AvgIpc) is 2.01. The van der Waals surface area contributed by atoms with E-state index in [1.165, 1.54) is 0 Å². The molecule has 0 aliphatic carbocycles. The highest BCUT2D eigenvalue weighted by Crippen LogP contribution is 1.81. The van der Waals surface area contributed by atoms with Gasteiger partial charge >= 0.3 is 0 Å². The van der Waals surface area contributed by atoms with Crippen LogP contribution in [0.1, 0.15) is 13.3 Å². The van der Waals surface area contributed by atoms with Crippen LogP contribution in [-0.4, -0.2) is 31.5 Å². The summed E-state index contributed by atoms with van der Waals surface area (Å²) >= 11 is 5.41. The van der Waals surface area contributed by atoms with Crippen LogP contribution in [0.3, 0.4) is 0 Å². The molecule has 0 aromatic rings. The van der Waals surface area contributed by atoms with Gasteiger partial charge in [-0.3, -0.25) is 4.79 Å². The third-order valence-electron chi connectivity index (χ3n) is 1.07. The second-order valence-electron chi connectivity index (χ2n) is 2.03. The SMILES string of the molecule is CCOCC(=O)NCCCCl. The monoisotopic (exact) mass is 179 g/mol. The van der Waals surface area contributed by atoms with E-state index < -0.39 is 0 Å². The quantitative estimate of drug-likeness (QED) is 0.483. The van der Waals surface area contributed by atoms with E-state index >= 15 is 0 Å². The maximum atomic E-state index is 10.8. The zero-order valence-electron chi connectivity index (χ0n) is 6.73. The molecule has 0 spiro atoms. The molecule has 0 atom stereocenters. The molecule has 4 heteroatoms. The zero-order valence-corrected chi connectivity index (χ0v) is 7.49. The van der Waals surface area contributed by atoms with Crippen LogP contribution in [0.4, 0.5) is 0 Å². The first kappa shape index (κ1) is 10.7. The number of rotatable bonds is 6. The molecule has 3 nitrogen and oxygen atoms in total. The predicted molar refractivity (Wildman–Crippen MR) is 44.8 cm³/mol. The van der Waals surface area contributed by atoms with Crippen molar-refractivity contribution in [3.05, 3.63) is 0 Å². The smallest absolute Gasteiger partial charge is 0.245 e. The first-order valence-electron chi connectivity index (χ1n) is 3.71. The Labute approximate surface area is 72.1 Å². The van der Waals surface area contributed by atoms with Gasteiger partial charge in [0.2, 0.25) is 5.91 Å². The number of hydrogen-bond donors (Lipinski definition) is 1. The van der Waals surface area contributed by atoms with Crippen LogP contribution in [-0.2, 0) is 9.53 Å². The largest absolute Gasteiger partial charge is 0.372 e. The topological polar surface area (TPSA) is 38.3 Å². The van der Waals surface area contributed by atoms with Crippen molar-refractivity contribution in [2.24, 2.45) is 0 Å². The fraction of sp³-hybridized carbons (Fsp3) is 0.857. The van der Waals surface area contributed by atoms with Gasteiger partial charge in [-0.1, -0.05) is 0 Å². The Morgan fingerprint density at radius 2 is 2.36 bits per heavy atom. The van der Waals surface area contributed by atoms with Gasteiger partial charge in [0.15, 0.2) is 0 Å². The van der Waals surface area contributed by atoms with E-state index in [0.29, 0.717) is 19.0 Å². The van der Waals surface area contributed by atoms with Crippen LogP contribution < -0.4 is 5.32 Å². The van der Waals surface area contributed by atoms with Crippen molar-refractivity contribution in [2.45, 2.75) is 13.3 Å². The minimum atomic E-state index is -0.0723. The number of carbonyl (C=O) groups is 1. The van der Waals surface area contributed by atoms with Crippen LogP contribution in [0, 0.1) is 0 Å². The van der Waals surface area contributed by atoms with Crippen LogP contribution in [0.5, 0.6) is 0 Å². The summed E-state index contributed by atoms with van der Waals surface area (Å²) in [5.74, 6) is 0.506. The second-order valence-corrected chi connectivity index (χ2v) is 2.41. The molecule has 0 saturated carbocycles. The van der Waals surface area contributed by atoms with E-state index in [2.05, 4.69) is 5.32 Å². The zero-order chi connectivity index (χ0) is 8.53. The van der Waals surface area contributed by atoms with Crippen molar-refractivity contribution in [1.29, 1.82) is 0 Å². The summed E-state index contributed by atoms with van der Waals surface area (Å²) < 4.78 is 4.88. The van der Waals surface area contributed by atoms with Crippen molar-refractivity contribution in [3.8, 4) is 0 Å². The molecule has 0 heterocycles. The Bertz CT molecular complexity index is 109. The lowest BCUT2D eigenvalue weighted by Gasteiger charge is -2.02. The van der Waals surface area contributed by atoms with E-state index in [1.807, 2.05) is 6.92 Å². The van der Waals surface area contributed by atoms with Gasteiger partial charge in [-0.05, 0) is 13.3 Å². The van der Waals surface area contributed by atoms with Crippen LogP contribution in [0.2, 0.25) is 0 Å². The van der Waals surface area contributed by atoms with Gasteiger partial charge in [0.1, 0.15) is 6.61 Å². The number of ether oxygens (including phenoxy) is 1. The van der Waals surface area contributed by atoms with E-state index in [-0.39, 0.29) is 12.5 Å². The Morgan fingerprint density at radius 1 is 1.64 bits per heavy atom. The average molecular weight is 180 g/mol. The molecule has 0 rings (SSSR count). The molecule has 0 aliphatic rings. The summed E-state index contributed by atoms with van der Waals surface area (Å²) in [6.07, 6.45) is 0.805. The summed E-state index contributed by atoms with van der Waals surface area (Å²) in [5.41, 5.74) is 0. The van der Waals surface area contributed by atoms with E-state index in [4.69, 9.17) is 16.3 Å². The number of carbonyl (C=O) groups excluding carboxylic acids is 1. The summed E-state index contributed by atoms with van der Waals surface area (Å²) in [6, 6.07) is 0. The second kappa shape index (κ2) is 7.82. The summed E-state index contributed by atoms with van der Waals surface area (Å²) in [4.78, 5) is 10.8. The molecule has 0 bridgehead atoms. The molecule has 0 aromatic heterocycles. The van der Waals surface area contributed by atoms with Gasteiger partial charge in [0.05, 0.1) is 0 Å². The fourth-order valence-electron chi connectivity index (χ4n) is 0.540. The highest BCUT2D eigenvalue weighted by atomic mass is 35.5. The summed E-state index contributed by atoms with van der Waals surface area (Å²) in [6.45, 7) is 3.21. The standard InChI is InChI=1S/C7H14ClNO2/c1-2-11-6-7(10)9-5-3-4-8/h2-6H2,1H3,(H,9,10). The summed E-state index contributed by atoms with van der Waals surface area (Å²) in [5, 5.41) is 2.67. The Balaban J connectivity index is 3.09. The first-order valence-corrected chi connectivity index (χ1v) is 4.25. The normalized spacial score (nSPS) is 9.64. The van der Waals surface area contributed by atoms with Gasteiger partial charge in [-0.25, -0.2) is 0 Å². The molecule has 0 aliphatic heterocycles. The van der Waals surface area contributed by atoms with Crippen molar-refractivity contribution in [2.75, 3.05) is 25.6 Å². The maximum Gasteiger partial charge on any atom is 0.245 e. The number of halogens is 1. The Hall–Kier alpha value is -0.280. The maximum absolute atomic E-state index is 10.8. The molecule has 0 unspecified atom stereocenters. The number of alkyl halides is 1. The molecule has 0 aromatic carbocycles. The predicted octanol–water partition coefficient (Wildman–Crippen LogP) is 0.768. The molecule has 66 valence electrons. The summed E-state index contributed by atoms with van der Waals surface area (Å²) in [7, 11) is 0. The minimum absolute atomic E-state index is 0.0723. The third kappa shape index (κ3) is 7.62. The van der Waals surface area contributed by atoms with Crippen LogP contribution in [0.15, 0.2) is 0 Å². The number of hydrogen-bond acceptors (Lipinski definition) is 2. The van der Waals surface area contributed by atoms with Crippen molar-refractivity contribution in [1.82, 2.24) is 5.32 Å². The lowest BCUT2D eigenvalue weighted by Crippen LogP contribution is -2.28. The fourth-order valence-corrected chi connectivity index (χ4v) is 0.674. The van der Waals surface area contributed by atoms with Crippen LogP contribution >= 0.6 is 11.6 Å². The van der Waals surface area contributed by atoms with Gasteiger partial charge in [0, 0.05) is 19.0 Å². The molecule has 1 N–H and O–H groups in total. The first-order chi connectivity index (χ1) is 5.31. The molecule has 0 fully saturated rings. The minimum Gasteiger partial charge on any atom is -0.372 e.